The molecule has 1 N–H and O–H groups in total. The molecule has 4 aromatic rings. The van der Waals surface area contributed by atoms with E-state index in [2.05, 4.69) is 19.9 Å². The summed E-state index contributed by atoms with van der Waals surface area (Å²) in [6.45, 7) is 2.03. The third kappa shape index (κ3) is 4.56. The number of aromatic nitrogens is 4. The molecular formula is C24H20N4O3. The summed E-state index contributed by atoms with van der Waals surface area (Å²) in [6, 6.07) is 11.3. The highest BCUT2D eigenvalue weighted by Gasteiger charge is 2.19. The monoisotopic (exact) mass is 412 g/mol. The minimum Gasteiger partial charge on any atom is -0.462 e. The van der Waals surface area contributed by atoms with E-state index >= 15 is 0 Å². The van der Waals surface area contributed by atoms with Crippen molar-refractivity contribution in [3.05, 3.63) is 84.1 Å². The number of hydrogen-bond acceptors (Lipinski definition) is 6. The van der Waals surface area contributed by atoms with Gasteiger partial charge in [-0.3, -0.25) is 9.78 Å². The van der Waals surface area contributed by atoms with Crippen molar-refractivity contribution in [3.8, 4) is 11.3 Å². The third-order valence-corrected chi connectivity index (χ3v) is 4.69. The number of hydrogen-bond donors (Lipinski definition) is 1. The number of pyridine rings is 1. The van der Waals surface area contributed by atoms with E-state index in [0.29, 0.717) is 22.3 Å². The predicted molar refractivity (Wildman–Crippen MR) is 117 cm³/mol. The first-order valence-corrected chi connectivity index (χ1v) is 9.85. The SMILES string of the molecule is CCOC(=O)c1c[nH]c2ncnc(-c3cccc(CC(=O)/C=C/c4cccnc4)c3)c12. The summed E-state index contributed by atoms with van der Waals surface area (Å²) >= 11 is 0. The maximum atomic E-state index is 12.4. The summed E-state index contributed by atoms with van der Waals surface area (Å²) in [5.41, 5.74) is 4.04. The number of fused-ring (bicyclic) bond motifs is 1. The average molecular weight is 412 g/mol. The van der Waals surface area contributed by atoms with Gasteiger partial charge in [-0.2, -0.15) is 0 Å². The lowest BCUT2D eigenvalue weighted by atomic mass is 10.0. The molecule has 0 atom stereocenters. The summed E-state index contributed by atoms with van der Waals surface area (Å²) < 4.78 is 5.15. The molecule has 0 unspecified atom stereocenters. The van der Waals surface area contributed by atoms with E-state index in [1.165, 1.54) is 6.33 Å². The zero-order valence-electron chi connectivity index (χ0n) is 16.9. The zero-order chi connectivity index (χ0) is 21.6. The van der Waals surface area contributed by atoms with Gasteiger partial charge in [0.15, 0.2) is 5.78 Å². The lowest BCUT2D eigenvalue weighted by molar-refractivity contribution is -0.113. The van der Waals surface area contributed by atoms with Crippen molar-refractivity contribution >= 4 is 28.9 Å². The van der Waals surface area contributed by atoms with Crippen LogP contribution >= 0.6 is 0 Å². The Balaban J connectivity index is 1.62. The van der Waals surface area contributed by atoms with Crippen LogP contribution in [0.5, 0.6) is 0 Å². The minimum atomic E-state index is -0.434. The maximum absolute atomic E-state index is 12.4. The van der Waals surface area contributed by atoms with Crippen molar-refractivity contribution in [3.63, 3.8) is 0 Å². The zero-order valence-corrected chi connectivity index (χ0v) is 16.9. The number of nitrogens with one attached hydrogen (secondary N) is 1. The summed E-state index contributed by atoms with van der Waals surface area (Å²) in [7, 11) is 0. The topological polar surface area (TPSA) is 97.8 Å². The summed E-state index contributed by atoms with van der Waals surface area (Å²) in [5.74, 6) is -0.459. The van der Waals surface area contributed by atoms with Crippen LogP contribution in [0.1, 0.15) is 28.4 Å². The number of carbonyl (C=O) groups excluding carboxylic acids is 2. The van der Waals surface area contributed by atoms with Crippen molar-refractivity contribution in [2.45, 2.75) is 13.3 Å². The quantitative estimate of drug-likeness (QED) is 0.364. The lowest BCUT2D eigenvalue weighted by Gasteiger charge is -2.07. The fraction of sp³-hybridized carbons (Fsp3) is 0.125. The molecule has 0 bridgehead atoms. The molecule has 4 rings (SSSR count). The molecule has 0 saturated heterocycles. The van der Waals surface area contributed by atoms with Gasteiger partial charge < -0.3 is 9.72 Å². The third-order valence-electron chi connectivity index (χ3n) is 4.69. The van der Waals surface area contributed by atoms with Crippen LogP contribution < -0.4 is 0 Å². The Bertz CT molecular complexity index is 1260. The summed E-state index contributed by atoms with van der Waals surface area (Å²) in [4.78, 5) is 40.4. The van der Waals surface area contributed by atoms with Gasteiger partial charge >= 0.3 is 5.97 Å². The molecule has 3 aromatic heterocycles. The Morgan fingerprint density at radius 2 is 2.06 bits per heavy atom. The number of H-pyrrole nitrogens is 1. The van der Waals surface area contributed by atoms with Crippen LogP contribution in [0.25, 0.3) is 28.4 Å². The number of aromatic amines is 1. The van der Waals surface area contributed by atoms with Crippen molar-refractivity contribution in [2.75, 3.05) is 6.61 Å². The molecule has 7 nitrogen and oxygen atoms in total. The van der Waals surface area contributed by atoms with E-state index in [-0.39, 0.29) is 18.8 Å². The smallest absolute Gasteiger partial charge is 0.340 e. The van der Waals surface area contributed by atoms with Crippen LogP contribution in [0.15, 0.2) is 67.4 Å². The molecule has 0 aliphatic heterocycles. The summed E-state index contributed by atoms with van der Waals surface area (Å²) in [5, 5.41) is 0.598. The molecule has 7 heteroatoms. The molecule has 0 amide bonds. The van der Waals surface area contributed by atoms with Gasteiger partial charge in [0.2, 0.25) is 0 Å². The Kier molecular flexibility index (Phi) is 5.93. The molecule has 0 aliphatic carbocycles. The van der Waals surface area contributed by atoms with Crippen LogP contribution in [-0.2, 0) is 16.0 Å². The number of allylic oxidation sites excluding steroid dienone is 1. The van der Waals surface area contributed by atoms with Gasteiger partial charge in [0.05, 0.1) is 23.3 Å². The molecule has 0 spiro atoms. The number of nitrogens with zero attached hydrogens (tertiary/aromatic N) is 3. The molecule has 0 fully saturated rings. The Morgan fingerprint density at radius 3 is 2.87 bits per heavy atom. The van der Waals surface area contributed by atoms with E-state index in [4.69, 9.17) is 4.74 Å². The average Bonchev–Trinajstić information content (AvgIpc) is 3.23. The molecule has 0 radical (unpaired) electrons. The van der Waals surface area contributed by atoms with Crippen LogP contribution in [0.2, 0.25) is 0 Å². The standard InChI is InChI=1S/C24H20N4O3/c1-2-31-24(30)20-14-26-23-21(20)22(27-15-28-23)18-7-3-5-17(11-18)12-19(29)9-8-16-6-4-10-25-13-16/h3-11,13-15H,2,12H2,1H3,(H,26,27,28)/b9-8+. The number of rotatable bonds is 7. The molecule has 1 aromatic carbocycles. The minimum absolute atomic E-state index is 0.0253. The van der Waals surface area contributed by atoms with E-state index in [9.17, 15) is 9.59 Å². The van der Waals surface area contributed by atoms with Crippen molar-refractivity contribution in [2.24, 2.45) is 0 Å². The van der Waals surface area contributed by atoms with Gasteiger partial charge in [0, 0.05) is 30.6 Å². The first-order valence-electron chi connectivity index (χ1n) is 9.85. The highest BCUT2D eigenvalue weighted by atomic mass is 16.5. The molecular weight excluding hydrogens is 392 g/mol. The van der Waals surface area contributed by atoms with E-state index in [1.807, 2.05) is 36.4 Å². The lowest BCUT2D eigenvalue weighted by Crippen LogP contribution is -2.04. The van der Waals surface area contributed by atoms with Crippen LogP contribution in [0.3, 0.4) is 0 Å². The molecule has 154 valence electrons. The number of esters is 1. The van der Waals surface area contributed by atoms with Crippen molar-refractivity contribution in [1.29, 1.82) is 0 Å². The Hall–Kier alpha value is -4.13. The largest absolute Gasteiger partial charge is 0.462 e. The molecule has 31 heavy (non-hydrogen) atoms. The first-order chi connectivity index (χ1) is 15.2. The highest BCUT2D eigenvalue weighted by Crippen LogP contribution is 2.29. The number of ketones is 1. The van der Waals surface area contributed by atoms with E-state index < -0.39 is 5.97 Å². The predicted octanol–water partition coefficient (Wildman–Crippen LogP) is 4.02. The second kappa shape index (κ2) is 9.13. The Labute approximate surface area is 178 Å². The number of ether oxygens (including phenoxy) is 1. The number of benzene rings is 1. The normalized spacial score (nSPS) is 11.1. The van der Waals surface area contributed by atoms with Gasteiger partial charge in [-0.1, -0.05) is 24.3 Å². The van der Waals surface area contributed by atoms with Crippen molar-refractivity contribution < 1.29 is 14.3 Å². The second-order valence-electron chi connectivity index (χ2n) is 6.83. The summed E-state index contributed by atoms with van der Waals surface area (Å²) in [6.07, 6.45) is 9.96. The van der Waals surface area contributed by atoms with Gasteiger partial charge in [-0.05, 0) is 42.3 Å². The van der Waals surface area contributed by atoms with Crippen LogP contribution in [-0.4, -0.2) is 38.3 Å². The fourth-order valence-corrected chi connectivity index (χ4v) is 3.30. The first kappa shape index (κ1) is 20.2. The van der Waals surface area contributed by atoms with Gasteiger partial charge in [-0.25, -0.2) is 14.8 Å². The molecule has 3 heterocycles. The van der Waals surface area contributed by atoms with Crippen molar-refractivity contribution in [1.82, 2.24) is 19.9 Å². The number of carbonyl (C=O) groups is 2. The molecule has 0 aliphatic rings. The van der Waals surface area contributed by atoms with E-state index in [0.717, 1.165) is 16.7 Å². The van der Waals surface area contributed by atoms with Gasteiger partial charge in [0.1, 0.15) is 12.0 Å². The van der Waals surface area contributed by atoms with Gasteiger partial charge in [0.25, 0.3) is 0 Å². The van der Waals surface area contributed by atoms with E-state index in [1.54, 1.807) is 37.7 Å². The second-order valence-corrected chi connectivity index (χ2v) is 6.83. The highest BCUT2D eigenvalue weighted by molar-refractivity contribution is 6.08. The Morgan fingerprint density at radius 1 is 1.16 bits per heavy atom. The van der Waals surface area contributed by atoms with Crippen LogP contribution in [0, 0.1) is 0 Å². The maximum Gasteiger partial charge on any atom is 0.340 e. The fourth-order valence-electron chi connectivity index (χ4n) is 3.30. The van der Waals surface area contributed by atoms with Crippen LogP contribution in [0.4, 0.5) is 0 Å². The molecule has 0 saturated carbocycles. The van der Waals surface area contributed by atoms with Gasteiger partial charge in [-0.15, -0.1) is 0 Å².